The molecule has 0 saturated heterocycles. The van der Waals surface area contributed by atoms with E-state index in [0.29, 0.717) is 27.6 Å². The molecular formula is C11H11BrClN3O3S. The van der Waals surface area contributed by atoms with E-state index in [9.17, 15) is 8.42 Å². The molecular weight excluding hydrogens is 370 g/mol. The summed E-state index contributed by atoms with van der Waals surface area (Å²) in [7, 11) is -3.59. The Morgan fingerprint density at radius 3 is 2.80 bits per heavy atom. The van der Waals surface area contributed by atoms with Gasteiger partial charge in [0.1, 0.15) is 0 Å². The highest BCUT2D eigenvalue weighted by molar-refractivity contribution is 9.10. The van der Waals surface area contributed by atoms with Crippen LogP contribution in [-0.4, -0.2) is 25.1 Å². The molecule has 0 atom stereocenters. The van der Waals surface area contributed by atoms with Crippen molar-refractivity contribution in [3.8, 4) is 0 Å². The second-order valence-corrected chi connectivity index (χ2v) is 6.98. The standard InChI is InChI=1S/C11H11BrClN3O3S/c1-7-15-11(16-19-7)4-5-14-20(17,18)8-2-3-10(13)9(12)6-8/h2-3,6,14H,4-5H2,1H3. The maximum atomic E-state index is 12.1. The average Bonchev–Trinajstić information content (AvgIpc) is 2.78. The summed E-state index contributed by atoms with van der Waals surface area (Å²) in [5.41, 5.74) is 0. The molecule has 20 heavy (non-hydrogen) atoms. The van der Waals surface area contributed by atoms with Crippen LogP contribution in [0, 0.1) is 6.92 Å². The maximum Gasteiger partial charge on any atom is 0.240 e. The Hall–Kier alpha value is -0.960. The van der Waals surface area contributed by atoms with Crippen molar-refractivity contribution in [1.29, 1.82) is 0 Å². The van der Waals surface area contributed by atoms with Gasteiger partial charge in [-0.05, 0) is 34.1 Å². The lowest BCUT2D eigenvalue weighted by molar-refractivity contribution is 0.387. The highest BCUT2D eigenvalue weighted by atomic mass is 79.9. The topological polar surface area (TPSA) is 85.1 Å². The highest BCUT2D eigenvalue weighted by Gasteiger charge is 2.15. The van der Waals surface area contributed by atoms with Crippen molar-refractivity contribution >= 4 is 37.6 Å². The van der Waals surface area contributed by atoms with Crippen LogP contribution in [0.4, 0.5) is 0 Å². The van der Waals surface area contributed by atoms with Gasteiger partial charge in [-0.1, -0.05) is 16.8 Å². The second kappa shape index (κ2) is 6.21. The average molecular weight is 381 g/mol. The predicted octanol–water partition coefficient (Wildman–Crippen LogP) is 2.31. The minimum absolute atomic E-state index is 0.137. The Balaban J connectivity index is 2.02. The van der Waals surface area contributed by atoms with Gasteiger partial charge in [0, 0.05) is 24.4 Å². The van der Waals surface area contributed by atoms with Crippen molar-refractivity contribution in [2.45, 2.75) is 18.2 Å². The van der Waals surface area contributed by atoms with Crippen molar-refractivity contribution in [3.63, 3.8) is 0 Å². The summed E-state index contributed by atoms with van der Waals surface area (Å²) in [5.74, 6) is 0.909. The monoisotopic (exact) mass is 379 g/mol. The maximum absolute atomic E-state index is 12.1. The summed E-state index contributed by atoms with van der Waals surface area (Å²) in [6, 6.07) is 4.40. The third kappa shape index (κ3) is 3.78. The van der Waals surface area contributed by atoms with Gasteiger partial charge in [0.05, 0.1) is 9.92 Å². The van der Waals surface area contributed by atoms with E-state index in [-0.39, 0.29) is 11.4 Å². The lowest BCUT2D eigenvalue weighted by atomic mass is 10.4. The van der Waals surface area contributed by atoms with Crippen LogP contribution < -0.4 is 4.72 Å². The second-order valence-electron chi connectivity index (χ2n) is 3.95. The van der Waals surface area contributed by atoms with E-state index < -0.39 is 10.0 Å². The molecule has 2 rings (SSSR count). The Labute approximate surface area is 129 Å². The number of hydrogen-bond donors (Lipinski definition) is 1. The predicted molar refractivity (Wildman–Crippen MR) is 77.1 cm³/mol. The number of benzene rings is 1. The van der Waals surface area contributed by atoms with Gasteiger partial charge in [0.25, 0.3) is 0 Å². The van der Waals surface area contributed by atoms with Gasteiger partial charge in [0.2, 0.25) is 15.9 Å². The summed E-state index contributed by atoms with van der Waals surface area (Å²) < 4.78 is 31.9. The Bertz CT molecular complexity index is 717. The molecule has 1 aromatic carbocycles. The molecule has 9 heteroatoms. The fourth-order valence-corrected chi connectivity index (χ4v) is 3.17. The fourth-order valence-electron chi connectivity index (χ4n) is 1.47. The Kier molecular flexibility index (Phi) is 4.79. The Morgan fingerprint density at radius 2 is 2.20 bits per heavy atom. The van der Waals surface area contributed by atoms with Crippen LogP contribution in [0.5, 0.6) is 0 Å². The molecule has 0 saturated carbocycles. The summed E-state index contributed by atoms with van der Waals surface area (Å²) in [4.78, 5) is 4.13. The summed E-state index contributed by atoms with van der Waals surface area (Å²) >= 11 is 9.02. The number of hydrogen-bond acceptors (Lipinski definition) is 5. The number of sulfonamides is 1. The zero-order chi connectivity index (χ0) is 14.8. The van der Waals surface area contributed by atoms with Crippen LogP contribution in [-0.2, 0) is 16.4 Å². The minimum atomic E-state index is -3.59. The van der Waals surface area contributed by atoms with E-state index in [1.165, 1.54) is 18.2 Å². The van der Waals surface area contributed by atoms with E-state index in [1.54, 1.807) is 6.92 Å². The first-order valence-electron chi connectivity index (χ1n) is 5.62. The molecule has 0 aliphatic rings. The van der Waals surface area contributed by atoms with Crippen LogP contribution in [0.1, 0.15) is 11.7 Å². The van der Waals surface area contributed by atoms with Crippen LogP contribution in [0.2, 0.25) is 5.02 Å². The quantitative estimate of drug-likeness (QED) is 0.860. The lowest BCUT2D eigenvalue weighted by Gasteiger charge is -2.06. The lowest BCUT2D eigenvalue weighted by Crippen LogP contribution is -2.26. The Morgan fingerprint density at radius 1 is 1.45 bits per heavy atom. The number of nitrogens with one attached hydrogen (secondary N) is 1. The summed E-state index contributed by atoms with van der Waals surface area (Å²) in [5, 5.41) is 4.14. The number of aryl methyl sites for hydroxylation is 1. The van der Waals surface area contributed by atoms with Gasteiger partial charge in [-0.2, -0.15) is 4.98 Å². The fraction of sp³-hybridized carbons (Fsp3) is 0.273. The van der Waals surface area contributed by atoms with Gasteiger partial charge < -0.3 is 4.52 Å². The minimum Gasteiger partial charge on any atom is -0.340 e. The molecule has 1 N–H and O–H groups in total. The van der Waals surface area contributed by atoms with Crippen LogP contribution in [0.3, 0.4) is 0 Å². The van der Waals surface area contributed by atoms with Crippen LogP contribution in [0.25, 0.3) is 0 Å². The highest BCUT2D eigenvalue weighted by Crippen LogP contribution is 2.25. The SMILES string of the molecule is Cc1nc(CCNS(=O)(=O)c2ccc(Cl)c(Br)c2)no1. The summed E-state index contributed by atoms with van der Waals surface area (Å²) in [6.45, 7) is 1.85. The first kappa shape index (κ1) is 15.4. The van der Waals surface area contributed by atoms with Crippen molar-refractivity contribution < 1.29 is 12.9 Å². The normalized spacial score (nSPS) is 11.8. The molecule has 1 heterocycles. The van der Waals surface area contributed by atoms with Gasteiger partial charge in [-0.3, -0.25) is 0 Å². The molecule has 0 unspecified atom stereocenters. The van der Waals surface area contributed by atoms with Crippen molar-refractivity contribution in [2.24, 2.45) is 0 Å². The first-order valence-corrected chi connectivity index (χ1v) is 8.28. The van der Waals surface area contributed by atoms with E-state index in [0.717, 1.165) is 0 Å². The van der Waals surface area contributed by atoms with E-state index in [4.69, 9.17) is 16.1 Å². The van der Waals surface area contributed by atoms with Gasteiger partial charge in [0.15, 0.2) is 5.82 Å². The molecule has 6 nitrogen and oxygen atoms in total. The third-order valence-corrected chi connectivity index (χ3v) is 5.08. The van der Waals surface area contributed by atoms with Crippen molar-refractivity contribution in [3.05, 3.63) is 39.4 Å². The third-order valence-electron chi connectivity index (χ3n) is 2.41. The zero-order valence-corrected chi connectivity index (χ0v) is 13.6. The van der Waals surface area contributed by atoms with Crippen molar-refractivity contribution in [2.75, 3.05) is 6.54 Å². The molecule has 0 amide bonds. The van der Waals surface area contributed by atoms with E-state index >= 15 is 0 Å². The number of rotatable bonds is 5. The molecule has 0 aliphatic heterocycles. The molecule has 0 aliphatic carbocycles. The smallest absolute Gasteiger partial charge is 0.240 e. The van der Waals surface area contributed by atoms with Crippen molar-refractivity contribution in [1.82, 2.24) is 14.9 Å². The molecule has 108 valence electrons. The van der Waals surface area contributed by atoms with Crippen LogP contribution in [0.15, 0.2) is 32.1 Å². The molecule has 2 aromatic rings. The van der Waals surface area contributed by atoms with Crippen LogP contribution >= 0.6 is 27.5 Å². The molecule has 0 bridgehead atoms. The molecule has 0 radical (unpaired) electrons. The van der Waals surface area contributed by atoms with E-state index in [2.05, 4.69) is 30.8 Å². The first-order chi connectivity index (χ1) is 9.38. The van der Waals surface area contributed by atoms with E-state index in [1.807, 2.05) is 0 Å². The summed E-state index contributed by atoms with van der Waals surface area (Å²) in [6.07, 6.45) is 0.353. The molecule has 0 fully saturated rings. The number of halogens is 2. The van der Waals surface area contributed by atoms with Gasteiger partial charge in [-0.25, -0.2) is 13.1 Å². The molecule has 1 aromatic heterocycles. The molecule has 0 spiro atoms. The number of aromatic nitrogens is 2. The zero-order valence-electron chi connectivity index (χ0n) is 10.4. The van der Waals surface area contributed by atoms with Gasteiger partial charge >= 0.3 is 0 Å². The number of nitrogens with zero attached hydrogens (tertiary/aromatic N) is 2. The largest absolute Gasteiger partial charge is 0.340 e. The van der Waals surface area contributed by atoms with Gasteiger partial charge in [-0.15, -0.1) is 0 Å².